The molecule has 0 aliphatic heterocycles. The van der Waals surface area contributed by atoms with Gasteiger partial charge in [-0.25, -0.2) is 0 Å². The first-order valence-electron chi connectivity index (χ1n) is 4.66. The average molecular weight is 246 g/mol. The number of carbonyl (C=O) groups excluding carboxylic acids is 1. The van der Waals surface area contributed by atoms with Crippen molar-refractivity contribution in [1.29, 1.82) is 0 Å². The third-order valence-electron chi connectivity index (χ3n) is 2.20. The Hall–Kier alpha value is -0.730. The Morgan fingerprint density at radius 2 is 2.20 bits per heavy atom. The van der Waals surface area contributed by atoms with Crippen LogP contribution in [-0.2, 0) is 4.79 Å². The maximum Gasteiger partial charge on any atom is 0.235 e. The molecule has 82 valence electrons. The molecule has 1 aromatic rings. The Morgan fingerprint density at radius 1 is 1.53 bits per heavy atom. The molecular formula is C11H13Cl2NO. The predicted molar refractivity (Wildman–Crippen MR) is 63.5 cm³/mol. The topological polar surface area (TPSA) is 29.1 Å². The highest BCUT2D eigenvalue weighted by molar-refractivity contribution is 6.30. The summed E-state index contributed by atoms with van der Waals surface area (Å²) in [6.45, 7) is 3.88. The van der Waals surface area contributed by atoms with Crippen molar-refractivity contribution < 1.29 is 4.79 Å². The van der Waals surface area contributed by atoms with Crippen LogP contribution in [0.5, 0.6) is 0 Å². The number of hydrogen-bond acceptors (Lipinski definition) is 1. The van der Waals surface area contributed by atoms with Crippen molar-refractivity contribution in [2.45, 2.75) is 19.9 Å². The Balaban J connectivity index is 2.82. The normalized spacial score (nSPS) is 12.3. The fourth-order valence-corrected chi connectivity index (χ4v) is 1.79. The summed E-state index contributed by atoms with van der Waals surface area (Å²) in [4.78, 5) is 11.1. The number of aryl methyl sites for hydroxylation is 1. The molecule has 1 amide bonds. The van der Waals surface area contributed by atoms with Gasteiger partial charge in [0, 0.05) is 5.02 Å². The molecule has 1 N–H and O–H groups in total. The number of hydrogen-bond donors (Lipinski definition) is 1. The van der Waals surface area contributed by atoms with Crippen LogP contribution >= 0.6 is 23.2 Å². The summed E-state index contributed by atoms with van der Waals surface area (Å²) in [6.07, 6.45) is 0. The minimum absolute atomic E-state index is 0.0169. The number of amides is 1. The predicted octanol–water partition coefficient (Wildman–Crippen LogP) is 3.06. The van der Waals surface area contributed by atoms with Gasteiger partial charge in [-0.3, -0.25) is 4.79 Å². The largest absolute Gasteiger partial charge is 0.349 e. The van der Waals surface area contributed by atoms with E-state index in [1.54, 1.807) is 0 Å². The van der Waals surface area contributed by atoms with Crippen molar-refractivity contribution in [3.05, 3.63) is 34.3 Å². The van der Waals surface area contributed by atoms with E-state index in [1.165, 1.54) is 0 Å². The molecule has 0 radical (unpaired) electrons. The van der Waals surface area contributed by atoms with Crippen LogP contribution in [0.1, 0.15) is 24.1 Å². The van der Waals surface area contributed by atoms with Crippen LogP contribution in [-0.4, -0.2) is 11.8 Å². The van der Waals surface area contributed by atoms with Crippen LogP contribution < -0.4 is 5.32 Å². The molecule has 1 aromatic carbocycles. The third kappa shape index (κ3) is 3.40. The zero-order valence-corrected chi connectivity index (χ0v) is 10.2. The quantitative estimate of drug-likeness (QED) is 0.816. The van der Waals surface area contributed by atoms with E-state index in [1.807, 2.05) is 32.0 Å². The summed E-state index contributed by atoms with van der Waals surface area (Å²) in [5.41, 5.74) is 2.11. The smallest absolute Gasteiger partial charge is 0.235 e. The molecule has 15 heavy (non-hydrogen) atoms. The first-order chi connectivity index (χ1) is 7.04. The lowest BCUT2D eigenvalue weighted by molar-refractivity contribution is -0.119. The zero-order valence-electron chi connectivity index (χ0n) is 8.68. The van der Waals surface area contributed by atoms with E-state index < -0.39 is 0 Å². The third-order valence-corrected chi connectivity index (χ3v) is 2.68. The van der Waals surface area contributed by atoms with Crippen molar-refractivity contribution in [1.82, 2.24) is 5.32 Å². The van der Waals surface area contributed by atoms with Crippen LogP contribution in [0.4, 0.5) is 0 Å². The standard InChI is InChI=1S/C11H13Cl2NO/c1-7-5-9(13)3-4-10(7)8(2)14-11(15)6-12/h3-5,8H,6H2,1-2H3,(H,14,15)/t8-/m0/s1. The molecule has 0 heterocycles. The lowest BCUT2D eigenvalue weighted by Gasteiger charge is -2.16. The minimum Gasteiger partial charge on any atom is -0.349 e. The second kappa shape index (κ2) is 5.38. The molecule has 1 atom stereocenters. The first kappa shape index (κ1) is 12.3. The number of alkyl halides is 1. The average Bonchev–Trinajstić information content (AvgIpc) is 2.17. The molecule has 0 saturated heterocycles. The van der Waals surface area contributed by atoms with Crippen molar-refractivity contribution in [2.75, 3.05) is 5.88 Å². The van der Waals surface area contributed by atoms with E-state index in [0.717, 1.165) is 11.1 Å². The monoisotopic (exact) mass is 245 g/mol. The van der Waals surface area contributed by atoms with E-state index >= 15 is 0 Å². The van der Waals surface area contributed by atoms with Gasteiger partial charge >= 0.3 is 0 Å². The van der Waals surface area contributed by atoms with Crippen molar-refractivity contribution in [2.24, 2.45) is 0 Å². The Morgan fingerprint density at radius 3 is 2.73 bits per heavy atom. The van der Waals surface area contributed by atoms with Gasteiger partial charge in [0.05, 0.1) is 6.04 Å². The van der Waals surface area contributed by atoms with E-state index in [-0.39, 0.29) is 17.8 Å². The van der Waals surface area contributed by atoms with E-state index in [4.69, 9.17) is 23.2 Å². The lowest BCUT2D eigenvalue weighted by Crippen LogP contribution is -2.27. The molecule has 0 unspecified atom stereocenters. The van der Waals surface area contributed by atoms with Crippen molar-refractivity contribution in [3.8, 4) is 0 Å². The van der Waals surface area contributed by atoms with Gasteiger partial charge in [0.1, 0.15) is 5.88 Å². The van der Waals surface area contributed by atoms with Crippen LogP contribution in [0.3, 0.4) is 0 Å². The van der Waals surface area contributed by atoms with Crippen LogP contribution in [0.15, 0.2) is 18.2 Å². The molecule has 2 nitrogen and oxygen atoms in total. The van der Waals surface area contributed by atoms with E-state index in [0.29, 0.717) is 5.02 Å². The molecular weight excluding hydrogens is 233 g/mol. The zero-order chi connectivity index (χ0) is 11.4. The number of benzene rings is 1. The first-order valence-corrected chi connectivity index (χ1v) is 5.57. The molecule has 4 heteroatoms. The molecule has 0 aromatic heterocycles. The maximum absolute atomic E-state index is 11.1. The summed E-state index contributed by atoms with van der Waals surface area (Å²) in [5, 5.41) is 3.49. The number of rotatable bonds is 3. The van der Waals surface area contributed by atoms with Gasteiger partial charge in [-0.15, -0.1) is 11.6 Å². The van der Waals surface area contributed by atoms with Gasteiger partial charge < -0.3 is 5.32 Å². The minimum atomic E-state index is -0.168. The van der Waals surface area contributed by atoms with Gasteiger partial charge in [-0.05, 0) is 37.1 Å². The molecule has 0 saturated carbocycles. The summed E-state index contributed by atoms with van der Waals surface area (Å²) in [7, 11) is 0. The Labute approximate surface area is 99.6 Å². The highest BCUT2D eigenvalue weighted by Gasteiger charge is 2.10. The summed E-state index contributed by atoms with van der Waals surface area (Å²) >= 11 is 11.3. The fourth-order valence-electron chi connectivity index (χ4n) is 1.48. The van der Waals surface area contributed by atoms with Crippen molar-refractivity contribution >= 4 is 29.1 Å². The molecule has 0 aliphatic rings. The molecule has 1 rings (SSSR count). The van der Waals surface area contributed by atoms with Crippen LogP contribution in [0, 0.1) is 6.92 Å². The second-order valence-corrected chi connectivity index (χ2v) is 4.13. The Bertz CT molecular complexity index is 366. The summed E-state index contributed by atoms with van der Waals surface area (Å²) < 4.78 is 0. The van der Waals surface area contributed by atoms with Gasteiger partial charge in [-0.2, -0.15) is 0 Å². The second-order valence-electron chi connectivity index (χ2n) is 3.42. The van der Waals surface area contributed by atoms with Gasteiger partial charge in [0.15, 0.2) is 0 Å². The number of nitrogens with one attached hydrogen (secondary N) is 1. The van der Waals surface area contributed by atoms with E-state index in [2.05, 4.69) is 5.32 Å². The maximum atomic E-state index is 11.1. The van der Waals surface area contributed by atoms with Crippen LogP contribution in [0.2, 0.25) is 5.02 Å². The molecule has 0 aliphatic carbocycles. The SMILES string of the molecule is Cc1cc(Cl)ccc1[C@H](C)NC(=O)CCl. The van der Waals surface area contributed by atoms with Gasteiger partial charge in [-0.1, -0.05) is 17.7 Å². The molecule has 0 bridgehead atoms. The lowest BCUT2D eigenvalue weighted by atomic mass is 10.0. The summed E-state index contributed by atoms with van der Waals surface area (Å²) in [6, 6.07) is 5.55. The van der Waals surface area contributed by atoms with Gasteiger partial charge in [0.2, 0.25) is 5.91 Å². The number of carbonyl (C=O) groups is 1. The van der Waals surface area contributed by atoms with Crippen LogP contribution in [0.25, 0.3) is 0 Å². The van der Waals surface area contributed by atoms with Crippen molar-refractivity contribution in [3.63, 3.8) is 0 Å². The molecule has 0 spiro atoms. The highest BCUT2D eigenvalue weighted by atomic mass is 35.5. The van der Waals surface area contributed by atoms with Gasteiger partial charge in [0.25, 0.3) is 0 Å². The molecule has 0 fully saturated rings. The summed E-state index contributed by atoms with van der Waals surface area (Å²) in [5.74, 6) is -0.185. The Kier molecular flexibility index (Phi) is 4.43. The highest BCUT2D eigenvalue weighted by Crippen LogP contribution is 2.20. The fraction of sp³-hybridized carbons (Fsp3) is 0.364. The number of halogens is 2. The van der Waals surface area contributed by atoms with E-state index in [9.17, 15) is 4.79 Å².